The van der Waals surface area contributed by atoms with E-state index in [1.165, 1.54) is 28.0 Å². The Bertz CT molecular complexity index is 693. The Morgan fingerprint density at radius 1 is 1.20 bits per heavy atom. The van der Waals surface area contributed by atoms with Gasteiger partial charge in [-0.3, -0.25) is 0 Å². The molecule has 0 saturated carbocycles. The van der Waals surface area contributed by atoms with Crippen molar-refractivity contribution in [2.24, 2.45) is 0 Å². The molecule has 1 saturated heterocycles. The normalized spacial score (nSPS) is 18.8. The summed E-state index contributed by atoms with van der Waals surface area (Å²) in [6.07, 6.45) is 3.31. The highest BCUT2D eigenvalue weighted by Gasteiger charge is 2.23. The molecule has 2 N–H and O–H groups in total. The summed E-state index contributed by atoms with van der Waals surface area (Å²) >= 11 is 0. The van der Waals surface area contributed by atoms with E-state index in [1.54, 1.807) is 0 Å². The molecule has 25 heavy (non-hydrogen) atoms. The van der Waals surface area contributed by atoms with Crippen molar-refractivity contribution < 1.29 is 0 Å². The Morgan fingerprint density at radius 2 is 1.88 bits per heavy atom. The summed E-state index contributed by atoms with van der Waals surface area (Å²) in [6.45, 7) is 17.0. The number of fused-ring (bicyclic) bond motifs is 1. The summed E-state index contributed by atoms with van der Waals surface area (Å²) in [5.74, 6) is 0.942. The molecule has 0 amide bonds. The van der Waals surface area contributed by atoms with E-state index in [2.05, 4.69) is 73.7 Å². The van der Waals surface area contributed by atoms with Gasteiger partial charge in [-0.15, -0.1) is 0 Å². The van der Waals surface area contributed by atoms with Gasteiger partial charge in [0.05, 0.1) is 5.82 Å². The Hall–Kier alpha value is -2.16. The van der Waals surface area contributed by atoms with Crippen LogP contribution < -0.4 is 10.6 Å². The van der Waals surface area contributed by atoms with Crippen LogP contribution in [0.25, 0.3) is 5.57 Å². The Kier molecular flexibility index (Phi) is 5.22. The first-order valence-corrected chi connectivity index (χ1v) is 9.36. The number of rotatable bonds is 6. The van der Waals surface area contributed by atoms with Crippen LogP contribution in [0, 0.1) is 0 Å². The van der Waals surface area contributed by atoms with Crippen molar-refractivity contribution >= 4 is 5.57 Å². The van der Waals surface area contributed by atoms with Gasteiger partial charge in [0, 0.05) is 30.9 Å². The van der Waals surface area contributed by atoms with Crippen molar-refractivity contribution in [3.05, 3.63) is 65.6 Å². The predicted octanol–water partition coefficient (Wildman–Crippen LogP) is 4.05. The Balaban J connectivity index is 1.52. The lowest BCUT2D eigenvalue weighted by atomic mass is 10.0. The van der Waals surface area contributed by atoms with E-state index in [0.717, 1.165) is 38.2 Å². The zero-order chi connectivity index (χ0) is 18.0. The predicted molar refractivity (Wildman–Crippen MR) is 107 cm³/mol. The summed E-state index contributed by atoms with van der Waals surface area (Å²) < 4.78 is 0. The van der Waals surface area contributed by atoms with E-state index < -0.39 is 0 Å². The molecule has 1 aromatic carbocycles. The van der Waals surface area contributed by atoms with Gasteiger partial charge in [0.1, 0.15) is 0 Å². The molecule has 0 radical (unpaired) electrons. The van der Waals surface area contributed by atoms with E-state index in [0.29, 0.717) is 12.1 Å². The SMILES string of the molecule is C=C(NC1CCN(C(=C)C)CC1)NC(C)C1=C(C)c2ccccc2C1. The minimum absolute atomic E-state index is 0.294. The van der Waals surface area contributed by atoms with Crippen LogP contribution >= 0.6 is 0 Å². The highest BCUT2D eigenvalue weighted by atomic mass is 15.2. The van der Waals surface area contributed by atoms with Crippen LogP contribution in [0.4, 0.5) is 0 Å². The fourth-order valence-electron chi connectivity index (χ4n) is 4.07. The molecule has 1 atom stereocenters. The third-order valence-corrected chi connectivity index (χ3v) is 5.61. The number of benzene rings is 1. The molecule has 1 fully saturated rings. The van der Waals surface area contributed by atoms with Crippen LogP contribution in [0.15, 0.2) is 54.5 Å². The summed E-state index contributed by atoms with van der Waals surface area (Å²) in [4.78, 5) is 2.36. The Morgan fingerprint density at radius 3 is 2.52 bits per heavy atom. The van der Waals surface area contributed by atoms with Gasteiger partial charge in [-0.2, -0.15) is 0 Å². The molecule has 0 bridgehead atoms. The lowest BCUT2D eigenvalue weighted by molar-refractivity contribution is 0.248. The second-order valence-corrected chi connectivity index (χ2v) is 7.47. The maximum atomic E-state index is 4.21. The average molecular weight is 338 g/mol. The largest absolute Gasteiger partial charge is 0.375 e. The first kappa shape index (κ1) is 17.7. The number of nitrogens with one attached hydrogen (secondary N) is 2. The standard InChI is InChI=1S/C22H31N3/c1-15(2)25-12-10-20(11-13-25)24-18(5)23-17(4)22-14-19-8-6-7-9-21(19)16(22)3/h6-9,17,20,23-24H,1,5,10-14H2,2-4H3. The lowest BCUT2D eigenvalue weighted by Gasteiger charge is -2.35. The molecule has 1 unspecified atom stereocenters. The molecule has 3 nitrogen and oxygen atoms in total. The summed E-state index contributed by atoms with van der Waals surface area (Å²) in [7, 11) is 0. The lowest BCUT2D eigenvalue weighted by Crippen LogP contribution is -2.44. The zero-order valence-corrected chi connectivity index (χ0v) is 15.9. The van der Waals surface area contributed by atoms with Crippen molar-refractivity contribution in [3.8, 4) is 0 Å². The minimum Gasteiger partial charge on any atom is -0.375 e. The van der Waals surface area contributed by atoms with Crippen molar-refractivity contribution in [2.75, 3.05) is 13.1 Å². The fraction of sp³-hybridized carbons (Fsp3) is 0.455. The highest BCUT2D eigenvalue weighted by molar-refractivity contribution is 5.75. The fourth-order valence-corrected chi connectivity index (χ4v) is 4.07. The number of piperidine rings is 1. The molecule has 1 heterocycles. The van der Waals surface area contributed by atoms with Crippen LogP contribution in [0.2, 0.25) is 0 Å². The van der Waals surface area contributed by atoms with E-state index in [1.807, 2.05) is 0 Å². The van der Waals surface area contributed by atoms with Crippen LogP contribution in [0.1, 0.15) is 44.7 Å². The number of nitrogens with zero attached hydrogens (tertiary/aromatic N) is 1. The molecule has 134 valence electrons. The third-order valence-electron chi connectivity index (χ3n) is 5.61. The molecule has 0 aromatic heterocycles. The second kappa shape index (κ2) is 7.38. The van der Waals surface area contributed by atoms with Gasteiger partial charge < -0.3 is 15.5 Å². The van der Waals surface area contributed by atoms with Gasteiger partial charge in [-0.25, -0.2) is 0 Å². The van der Waals surface area contributed by atoms with Crippen LogP contribution in [0.5, 0.6) is 0 Å². The van der Waals surface area contributed by atoms with Gasteiger partial charge in [0.15, 0.2) is 0 Å². The number of hydrogen-bond donors (Lipinski definition) is 2. The van der Waals surface area contributed by atoms with E-state index in [9.17, 15) is 0 Å². The molecule has 2 aliphatic rings. The van der Waals surface area contributed by atoms with Crippen LogP contribution in [0.3, 0.4) is 0 Å². The third kappa shape index (κ3) is 3.92. The summed E-state index contributed by atoms with van der Waals surface area (Å²) in [5, 5.41) is 7.16. The maximum absolute atomic E-state index is 4.21. The first-order valence-electron chi connectivity index (χ1n) is 9.36. The van der Waals surface area contributed by atoms with Gasteiger partial charge in [-0.1, -0.05) is 37.4 Å². The molecular weight excluding hydrogens is 306 g/mol. The molecule has 1 aliphatic carbocycles. The van der Waals surface area contributed by atoms with Crippen LogP contribution in [-0.4, -0.2) is 30.1 Å². The van der Waals surface area contributed by atoms with Gasteiger partial charge in [0.2, 0.25) is 0 Å². The summed E-state index contributed by atoms with van der Waals surface area (Å²) in [5.41, 5.74) is 6.90. The topological polar surface area (TPSA) is 27.3 Å². The quantitative estimate of drug-likeness (QED) is 0.820. The number of hydrogen-bond acceptors (Lipinski definition) is 3. The first-order chi connectivity index (χ1) is 12.0. The van der Waals surface area contributed by atoms with Crippen molar-refractivity contribution in [1.29, 1.82) is 0 Å². The van der Waals surface area contributed by atoms with Gasteiger partial charge >= 0.3 is 0 Å². The van der Waals surface area contributed by atoms with E-state index in [-0.39, 0.29) is 0 Å². The van der Waals surface area contributed by atoms with Crippen molar-refractivity contribution in [3.63, 3.8) is 0 Å². The van der Waals surface area contributed by atoms with Crippen LogP contribution in [-0.2, 0) is 6.42 Å². The molecule has 3 rings (SSSR count). The maximum Gasteiger partial charge on any atom is 0.0919 e. The van der Waals surface area contributed by atoms with E-state index >= 15 is 0 Å². The average Bonchev–Trinajstić information content (AvgIpc) is 2.92. The number of likely N-dealkylation sites (tertiary alicyclic amines) is 1. The van der Waals surface area contributed by atoms with E-state index in [4.69, 9.17) is 0 Å². The highest BCUT2D eigenvalue weighted by Crippen LogP contribution is 2.33. The van der Waals surface area contributed by atoms with Crippen molar-refractivity contribution in [2.45, 2.75) is 52.1 Å². The van der Waals surface area contributed by atoms with Gasteiger partial charge in [0.25, 0.3) is 0 Å². The number of allylic oxidation sites excluding steroid dienone is 2. The molecule has 0 spiro atoms. The summed E-state index contributed by atoms with van der Waals surface area (Å²) in [6, 6.07) is 9.52. The molecule has 3 heteroatoms. The molecular formula is C22H31N3. The monoisotopic (exact) mass is 337 g/mol. The van der Waals surface area contributed by atoms with Gasteiger partial charge in [-0.05, 0) is 62.3 Å². The Labute approximate surface area is 152 Å². The second-order valence-electron chi connectivity index (χ2n) is 7.47. The zero-order valence-electron chi connectivity index (χ0n) is 15.9. The molecule has 1 aromatic rings. The van der Waals surface area contributed by atoms with Crippen molar-refractivity contribution in [1.82, 2.24) is 15.5 Å². The minimum atomic E-state index is 0.294. The molecule has 1 aliphatic heterocycles. The smallest absolute Gasteiger partial charge is 0.0919 e.